The van der Waals surface area contributed by atoms with Crippen molar-refractivity contribution in [2.24, 2.45) is 5.92 Å². The number of nitrogens with zero attached hydrogens (tertiary/aromatic N) is 2. The number of rotatable bonds is 5. The standard InChI is InChI=1S/C11H17N3/c1-2-14-11(5-9-3-4-9)10-6-12-8-13-7-10/h6-9,11,14H,2-5H2,1H3. The van der Waals surface area contributed by atoms with Crippen LogP contribution in [-0.2, 0) is 0 Å². The van der Waals surface area contributed by atoms with Crippen LogP contribution in [0.15, 0.2) is 18.7 Å². The normalized spacial score (nSPS) is 18.1. The third kappa shape index (κ3) is 2.51. The van der Waals surface area contributed by atoms with Crippen molar-refractivity contribution in [3.8, 4) is 0 Å². The van der Waals surface area contributed by atoms with E-state index in [0.29, 0.717) is 6.04 Å². The van der Waals surface area contributed by atoms with E-state index < -0.39 is 0 Å². The molecule has 1 unspecified atom stereocenters. The lowest BCUT2D eigenvalue weighted by Crippen LogP contribution is -2.21. The van der Waals surface area contributed by atoms with Crippen LogP contribution >= 0.6 is 0 Å². The minimum atomic E-state index is 0.452. The van der Waals surface area contributed by atoms with Gasteiger partial charge in [0.25, 0.3) is 0 Å². The molecule has 1 fully saturated rings. The lowest BCUT2D eigenvalue weighted by Gasteiger charge is -2.16. The molecule has 76 valence electrons. The van der Waals surface area contributed by atoms with E-state index in [0.717, 1.165) is 12.5 Å². The van der Waals surface area contributed by atoms with Crippen molar-refractivity contribution in [2.75, 3.05) is 6.54 Å². The number of aromatic nitrogens is 2. The summed E-state index contributed by atoms with van der Waals surface area (Å²) in [6.07, 6.45) is 9.46. The Morgan fingerprint density at radius 1 is 1.43 bits per heavy atom. The Bertz CT molecular complexity index is 269. The maximum atomic E-state index is 4.06. The van der Waals surface area contributed by atoms with E-state index in [1.54, 1.807) is 6.33 Å². The summed E-state index contributed by atoms with van der Waals surface area (Å²) in [7, 11) is 0. The van der Waals surface area contributed by atoms with E-state index >= 15 is 0 Å². The van der Waals surface area contributed by atoms with Crippen LogP contribution in [0.4, 0.5) is 0 Å². The van der Waals surface area contributed by atoms with Crippen molar-refractivity contribution in [1.82, 2.24) is 15.3 Å². The van der Waals surface area contributed by atoms with Gasteiger partial charge in [0.05, 0.1) is 0 Å². The van der Waals surface area contributed by atoms with Gasteiger partial charge in [0, 0.05) is 24.0 Å². The Morgan fingerprint density at radius 3 is 2.71 bits per heavy atom. The molecule has 0 spiro atoms. The molecular formula is C11H17N3. The van der Waals surface area contributed by atoms with Crippen molar-refractivity contribution in [1.29, 1.82) is 0 Å². The molecule has 3 heteroatoms. The first-order valence-corrected chi connectivity index (χ1v) is 5.38. The maximum Gasteiger partial charge on any atom is 0.115 e. The van der Waals surface area contributed by atoms with Crippen molar-refractivity contribution in [2.45, 2.75) is 32.2 Å². The van der Waals surface area contributed by atoms with Gasteiger partial charge >= 0.3 is 0 Å². The zero-order chi connectivity index (χ0) is 9.80. The van der Waals surface area contributed by atoms with Gasteiger partial charge in [-0.2, -0.15) is 0 Å². The molecule has 3 nitrogen and oxygen atoms in total. The summed E-state index contributed by atoms with van der Waals surface area (Å²) >= 11 is 0. The molecule has 1 atom stereocenters. The number of nitrogens with one attached hydrogen (secondary N) is 1. The summed E-state index contributed by atoms with van der Waals surface area (Å²) in [6, 6.07) is 0.452. The lowest BCUT2D eigenvalue weighted by atomic mass is 10.0. The van der Waals surface area contributed by atoms with Gasteiger partial charge < -0.3 is 5.32 Å². The molecule has 1 aromatic rings. The van der Waals surface area contributed by atoms with Gasteiger partial charge in [0.1, 0.15) is 6.33 Å². The molecular weight excluding hydrogens is 174 g/mol. The first kappa shape index (κ1) is 9.59. The Kier molecular flexibility index (Phi) is 3.09. The van der Waals surface area contributed by atoms with Crippen molar-refractivity contribution >= 4 is 0 Å². The Balaban J connectivity index is 2.01. The fourth-order valence-electron chi connectivity index (χ4n) is 1.76. The molecule has 2 rings (SSSR count). The van der Waals surface area contributed by atoms with E-state index in [9.17, 15) is 0 Å². The van der Waals surface area contributed by atoms with Crippen LogP contribution in [-0.4, -0.2) is 16.5 Å². The van der Waals surface area contributed by atoms with E-state index in [1.807, 2.05) is 12.4 Å². The third-order valence-electron chi connectivity index (χ3n) is 2.70. The Labute approximate surface area is 85.0 Å². The number of hydrogen-bond donors (Lipinski definition) is 1. The lowest BCUT2D eigenvalue weighted by molar-refractivity contribution is 0.484. The topological polar surface area (TPSA) is 37.8 Å². The zero-order valence-electron chi connectivity index (χ0n) is 8.61. The number of hydrogen-bond acceptors (Lipinski definition) is 3. The van der Waals surface area contributed by atoms with Crippen LogP contribution in [0.2, 0.25) is 0 Å². The highest BCUT2D eigenvalue weighted by Crippen LogP contribution is 2.37. The van der Waals surface area contributed by atoms with Crippen molar-refractivity contribution < 1.29 is 0 Å². The largest absolute Gasteiger partial charge is 0.310 e. The highest BCUT2D eigenvalue weighted by Gasteiger charge is 2.25. The van der Waals surface area contributed by atoms with E-state index in [-0.39, 0.29) is 0 Å². The SMILES string of the molecule is CCNC(CC1CC1)c1cncnc1. The van der Waals surface area contributed by atoms with Crippen LogP contribution < -0.4 is 5.32 Å². The van der Waals surface area contributed by atoms with Gasteiger partial charge in [0.15, 0.2) is 0 Å². The van der Waals surface area contributed by atoms with Gasteiger partial charge in [-0.05, 0) is 18.9 Å². The molecule has 1 aromatic heterocycles. The van der Waals surface area contributed by atoms with Crippen LogP contribution in [0.1, 0.15) is 37.8 Å². The average Bonchev–Trinajstić information content (AvgIpc) is 3.03. The second kappa shape index (κ2) is 4.51. The molecule has 0 radical (unpaired) electrons. The molecule has 0 aliphatic heterocycles. The predicted octanol–water partition coefficient (Wildman–Crippen LogP) is 1.93. The quantitative estimate of drug-likeness (QED) is 0.772. The molecule has 0 amide bonds. The van der Waals surface area contributed by atoms with Gasteiger partial charge in [-0.15, -0.1) is 0 Å². The monoisotopic (exact) mass is 191 g/mol. The first-order chi connectivity index (χ1) is 6.90. The summed E-state index contributed by atoms with van der Waals surface area (Å²) in [5.41, 5.74) is 1.22. The zero-order valence-corrected chi connectivity index (χ0v) is 8.61. The highest BCUT2D eigenvalue weighted by molar-refractivity contribution is 5.09. The minimum absolute atomic E-state index is 0.452. The molecule has 1 aliphatic carbocycles. The average molecular weight is 191 g/mol. The Hall–Kier alpha value is -0.960. The fraction of sp³-hybridized carbons (Fsp3) is 0.636. The molecule has 14 heavy (non-hydrogen) atoms. The summed E-state index contributed by atoms with van der Waals surface area (Å²) in [5.74, 6) is 0.930. The van der Waals surface area contributed by atoms with Gasteiger partial charge in [-0.25, -0.2) is 9.97 Å². The van der Waals surface area contributed by atoms with E-state index in [2.05, 4.69) is 22.2 Å². The highest BCUT2D eigenvalue weighted by atomic mass is 14.9. The fourth-order valence-corrected chi connectivity index (χ4v) is 1.76. The van der Waals surface area contributed by atoms with Crippen LogP contribution in [0, 0.1) is 5.92 Å². The van der Waals surface area contributed by atoms with Crippen LogP contribution in [0.5, 0.6) is 0 Å². The second-order valence-corrected chi connectivity index (χ2v) is 3.96. The second-order valence-electron chi connectivity index (χ2n) is 3.96. The van der Waals surface area contributed by atoms with Gasteiger partial charge in [-0.1, -0.05) is 19.8 Å². The first-order valence-electron chi connectivity index (χ1n) is 5.38. The smallest absolute Gasteiger partial charge is 0.115 e. The third-order valence-corrected chi connectivity index (χ3v) is 2.70. The van der Waals surface area contributed by atoms with Gasteiger partial charge in [-0.3, -0.25) is 0 Å². The van der Waals surface area contributed by atoms with Gasteiger partial charge in [0.2, 0.25) is 0 Å². The van der Waals surface area contributed by atoms with Crippen molar-refractivity contribution in [3.63, 3.8) is 0 Å². The van der Waals surface area contributed by atoms with E-state index in [4.69, 9.17) is 0 Å². The molecule has 0 saturated heterocycles. The minimum Gasteiger partial charge on any atom is -0.310 e. The summed E-state index contributed by atoms with van der Waals surface area (Å²) in [6.45, 7) is 3.15. The van der Waals surface area contributed by atoms with Crippen LogP contribution in [0.25, 0.3) is 0 Å². The molecule has 1 aliphatic rings. The summed E-state index contributed by atoms with van der Waals surface area (Å²) in [5, 5.41) is 3.49. The molecule has 0 aromatic carbocycles. The summed E-state index contributed by atoms with van der Waals surface area (Å²) in [4.78, 5) is 8.13. The van der Waals surface area contributed by atoms with Crippen LogP contribution in [0.3, 0.4) is 0 Å². The molecule has 1 N–H and O–H groups in total. The van der Waals surface area contributed by atoms with E-state index in [1.165, 1.54) is 24.8 Å². The Morgan fingerprint density at radius 2 is 2.14 bits per heavy atom. The summed E-state index contributed by atoms with van der Waals surface area (Å²) < 4.78 is 0. The predicted molar refractivity (Wildman–Crippen MR) is 55.8 cm³/mol. The molecule has 0 bridgehead atoms. The maximum absolute atomic E-state index is 4.06. The van der Waals surface area contributed by atoms with Crippen molar-refractivity contribution in [3.05, 3.63) is 24.3 Å². The molecule has 1 heterocycles. The molecule has 1 saturated carbocycles.